The predicted octanol–water partition coefficient (Wildman–Crippen LogP) is 3.09. The van der Waals surface area contributed by atoms with Crippen molar-refractivity contribution in [3.63, 3.8) is 0 Å². The number of rotatable bonds is 5. The van der Waals surface area contributed by atoms with E-state index in [0.29, 0.717) is 18.1 Å². The molecule has 0 heterocycles. The SMILES string of the molecule is CCOC(=O)C(CC)Nc1ccc(Cl)cc1. The second-order valence-electron chi connectivity index (χ2n) is 3.36. The lowest BCUT2D eigenvalue weighted by Crippen LogP contribution is -2.30. The normalized spacial score (nSPS) is 11.9. The minimum Gasteiger partial charge on any atom is -0.464 e. The van der Waals surface area contributed by atoms with Gasteiger partial charge in [0.25, 0.3) is 0 Å². The van der Waals surface area contributed by atoms with E-state index in [2.05, 4.69) is 5.32 Å². The second-order valence-corrected chi connectivity index (χ2v) is 3.80. The summed E-state index contributed by atoms with van der Waals surface area (Å²) in [4.78, 5) is 11.5. The van der Waals surface area contributed by atoms with E-state index in [9.17, 15) is 4.79 Å². The van der Waals surface area contributed by atoms with Crippen molar-refractivity contribution in [2.75, 3.05) is 11.9 Å². The Labute approximate surface area is 101 Å². The van der Waals surface area contributed by atoms with E-state index in [1.807, 2.05) is 19.1 Å². The molecule has 0 aliphatic heterocycles. The Balaban J connectivity index is 2.62. The molecule has 0 bridgehead atoms. The van der Waals surface area contributed by atoms with Gasteiger partial charge in [-0.2, -0.15) is 0 Å². The van der Waals surface area contributed by atoms with E-state index in [4.69, 9.17) is 16.3 Å². The monoisotopic (exact) mass is 241 g/mol. The summed E-state index contributed by atoms with van der Waals surface area (Å²) in [5.74, 6) is -0.222. The highest BCUT2D eigenvalue weighted by atomic mass is 35.5. The van der Waals surface area contributed by atoms with Gasteiger partial charge in [0.2, 0.25) is 0 Å². The highest BCUT2D eigenvalue weighted by molar-refractivity contribution is 6.30. The van der Waals surface area contributed by atoms with Gasteiger partial charge in [0.1, 0.15) is 6.04 Å². The van der Waals surface area contributed by atoms with Gasteiger partial charge >= 0.3 is 5.97 Å². The fourth-order valence-electron chi connectivity index (χ4n) is 1.32. The average Bonchev–Trinajstić information content (AvgIpc) is 2.28. The quantitative estimate of drug-likeness (QED) is 0.805. The number of anilines is 1. The molecule has 1 unspecified atom stereocenters. The summed E-state index contributed by atoms with van der Waals surface area (Å²) in [7, 11) is 0. The number of esters is 1. The summed E-state index contributed by atoms with van der Waals surface area (Å²) in [6, 6.07) is 6.93. The Kier molecular flexibility index (Phi) is 5.12. The molecule has 0 saturated heterocycles. The number of ether oxygens (including phenoxy) is 1. The first kappa shape index (κ1) is 12.8. The molecule has 1 rings (SSSR count). The first-order valence-corrected chi connectivity index (χ1v) is 5.74. The van der Waals surface area contributed by atoms with Gasteiger partial charge in [0, 0.05) is 10.7 Å². The van der Waals surface area contributed by atoms with Gasteiger partial charge in [0.15, 0.2) is 0 Å². The van der Waals surface area contributed by atoms with Crippen molar-refractivity contribution in [3.05, 3.63) is 29.3 Å². The van der Waals surface area contributed by atoms with Crippen LogP contribution in [0.15, 0.2) is 24.3 Å². The Hall–Kier alpha value is -1.22. The third-order valence-electron chi connectivity index (χ3n) is 2.16. The van der Waals surface area contributed by atoms with Crippen molar-refractivity contribution in [2.45, 2.75) is 26.3 Å². The molecule has 16 heavy (non-hydrogen) atoms. The summed E-state index contributed by atoms with van der Waals surface area (Å²) in [6.07, 6.45) is 0.682. The molecule has 0 aliphatic rings. The van der Waals surface area contributed by atoms with Crippen LogP contribution in [0.5, 0.6) is 0 Å². The molecule has 4 heteroatoms. The summed E-state index contributed by atoms with van der Waals surface area (Å²) in [6.45, 7) is 4.13. The van der Waals surface area contributed by atoms with E-state index in [0.717, 1.165) is 5.69 Å². The number of carbonyl (C=O) groups excluding carboxylic acids is 1. The second kappa shape index (κ2) is 6.38. The molecule has 0 spiro atoms. The average molecular weight is 242 g/mol. The number of halogens is 1. The van der Waals surface area contributed by atoms with E-state index >= 15 is 0 Å². The fourth-order valence-corrected chi connectivity index (χ4v) is 1.44. The van der Waals surface area contributed by atoms with Gasteiger partial charge in [-0.05, 0) is 37.6 Å². The van der Waals surface area contributed by atoms with Crippen LogP contribution in [0.1, 0.15) is 20.3 Å². The van der Waals surface area contributed by atoms with Gasteiger partial charge in [-0.1, -0.05) is 18.5 Å². The molecule has 0 fully saturated rings. The molecule has 0 aromatic heterocycles. The number of benzene rings is 1. The molecule has 1 N–H and O–H groups in total. The summed E-state index contributed by atoms with van der Waals surface area (Å²) < 4.78 is 4.96. The lowest BCUT2D eigenvalue weighted by molar-refractivity contribution is -0.144. The first-order valence-electron chi connectivity index (χ1n) is 5.36. The van der Waals surface area contributed by atoms with Crippen molar-refractivity contribution >= 4 is 23.3 Å². The molecular weight excluding hydrogens is 226 g/mol. The number of hydrogen-bond donors (Lipinski definition) is 1. The molecule has 3 nitrogen and oxygen atoms in total. The molecule has 0 amide bonds. The maximum absolute atomic E-state index is 11.5. The van der Waals surface area contributed by atoms with Crippen molar-refractivity contribution in [1.82, 2.24) is 0 Å². The molecular formula is C12H16ClNO2. The molecule has 1 aromatic carbocycles. The van der Waals surface area contributed by atoms with Gasteiger partial charge in [-0.15, -0.1) is 0 Å². The molecule has 88 valence electrons. The summed E-state index contributed by atoms with van der Waals surface area (Å²) in [5, 5.41) is 3.78. The lowest BCUT2D eigenvalue weighted by Gasteiger charge is -2.16. The maximum Gasteiger partial charge on any atom is 0.328 e. The topological polar surface area (TPSA) is 38.3 Å². The zero-order valence-electron chi connectivity index (χ0n) is 9.50. The summed E-state index contributed by atoms with van der Waals surface area (Å²) in [5.41, 5.74) is 0.865. The predicted molar refractivity (Wildman–Crippen MR) is 65.8 cm³/mol. The van der Waals surface area contributed by atoms with Crippen molar-refractivity contribution in [2.24, 2.45) is 0 Å². The van der Waals surface area contributed by atoms with Crippen LogP contribution in [0.25, 0.3) is 0 Å². The van der Waals surface area contributed by atoms with Crippen molar-refractivity contribution in [1.29, 1.82) is 0 Å². The number of hydrogen-bond acceptors (Lipinski definition) is 3. The zero-order chi connectivity index (χ0) is 12.0. The van der Waals surface area contributed by atoms with Crippen LogP contribution >= 0.6 is 11.6 Å². The number of nitrogens with one attached hydrogen (secondary N) is 1. The van der Waals surface area contributed by atoms with Crippen LogP contribution < -0.4 is 5.32 Å². The number of carbonyl (C=O) groups is 1. The third kappa shape index (κ3) is 3.74. The smallest absolute Gasteiger partial charge is 0.328 e. The molecule has 1 atom stereocenters. The Morgan fingerprint density at radius 1 is 1.38 bits per heavy atom. The van der Waals surface area contributed by atoms with Crippen LogP contribution in [-0.2, 0) is 9.53 Å². The zero-order valence-corrected chi connectivity index (χ0v) is 10.3. The standard InChI is InChI=1S/C12H16ClNO2/c1-3-11(12(15)16-4-2)14-10-7-5-9(13)6-8-10/h5-8,11,14H,3-4H2,1-2H3. The van der Waals surface area contributed by atoms with E-state index < -0.39 is 0 Å². The molecule has 0 saturated carbocycles. The van der Waals surface area contributed by atoms with Crippen LogP contribution in [0.2, 0.25) is 5.02 Å². The molecule has 1 aromatic rings. The van der Waals surface area contributed by atoms with Crippen LogP contribution in [-0.4, -0.2) is 18.6 Å². The van der Waals surface area contributed by atoms with Crippen molar-refractivity contribution < 1.29 is 9.53 Å². The minimum atomic E-state index is -0.305. The Morgan fingerprint density at radius 3 is 2.50 bits per heavy atom. The van der Waals surface area contributed by atoms with E-state index in [1.165, 1.54) is 0 Å². The van der Waals surface area contributed by atoms with Crippen LogP contribution in [0.3, 0.4) is 0 Å². The van der Waals surface area contributed by atoms with Crippen molar-refractivity contribution in [3.8, 4) is 0 Å². The van der Waals surface area contributed by atoms with Crippen LogP contribution in [0.4, 0.5) is 5.69 Å². The van der Waals surface area contributed by atoms with Gasteiger partial charge < -0.3 is 10.1 Å². The third-order valence-corrected chi connectivity index (χ3v) is 2.42. The largest absolute Gasteiger partial charge is 0.464 e. The van der Waals surface area contributed by atoms with Crippen LogP contribution in [0, 0.1) is 0 Å². The first-order chi connectivity index (χ1) is 7.67. The molecule has 0 aliphatic carbocycles. The fraction of sp³-hybridized carbons (Fsp3) is 0.417. The van der Waals surface area contributed by atoms with Gasteiger partial charge in [0.05, 0.1) is 6.61 Å². The van der Waals surface area contributed by atoms with Gasteiger partial charge in [-0.25, -0.2) is 4.79 Å². The minimum absolute atomic E-state index is 0.222. The van der Waals surface area contributed by atoms with E-state index in [1.54, 1.807) is 19.1 Å². The summed E-state index contributed by atoms with van der Waals surface area (Å²) >= 11 is 5.77. The molecule has 0 radical (unpaired) electrons. The van der Waals surface area contributed by atoms with E-state index in [-0.39, 0.29) is 12.0 Å². The van der Waals surface area contributed by atoms with Gasteiger partial charge in [-0.3, -0.25) is 0 Å². The highest BCUT2D eigenvalue weighted by Crippen LogP contribution is 2.15. The maximum atomic E-state index is 11.5. The Bertz CT molecular complexity index is 337. The Morgan fingerprint density at radius 2 is 2.00 bits per heavy atom. The lowest BCUT2D eigenvalue weighted by atomic mass is 10.2. The highest BCUT2D eigenvalue weighted by Gasteiger charge is 2.16.